The zero-order chi connectivity index (χ0) is 4.24. The zero-order valence-electron chi connectivity index (χ0n) is 3.53. The van der Waals surface area contributed by atoms with Gasteiger partial charge in [0, 0.05) is 13.1 Å². The van der Waals surface area contributed by atoms with Gasteiger partial charge in [-0.15, -0.1) is 0 Å². The predicted octanol–water partition coefficient (Wildman–Crippen LogP) is -0.932. The Labute approximate surface area is 36.6 Å². The number of hydrogen-bond donors (Lipinski definition) is 2. The van der Waals surface area contributed by atoms with Crippen LogP contribution in [0.2, 0.25) is 0 Å². The fourth-order valence-electron chi connectivity index (χ4n) is 0.386. The Morgan fingerprint density at radius 2 is 2.33 bits per heavy atom. The molecular formula is C3H8N2O. The van der Waals surface area contributed by atoms with Crippen molar-refractivity contribution < 1.29 is 4.84 Å². The summed E-state index contributed by atoms with van der Waals surface area (Å²) in [5.41, 5.74) is 2.72. The van der Waals surface area contributed by atoms with E-state index in [1.165, 1.54) is 0 Å². The van der Waals surface area contributed by atoms with E-state index in [1.54, 1.807) is 0 Å². The molecule has 0 atom stereocenters. The van der Waals surface area contributed by atoms with Gasteiger partial charge < -0.3 is 0 Å². The predicted molar refractivity (Wildman–Crippen MR) is 22.0 cm³/mol. The highest BCUT2D eigenvalue weighted by atomic mass is 16.7. The maximum atomic E-state index is 4.71. The van der Waals surface area contributed by atoms with Gasteiger partial charge in [0.1, 0.15) is 6.73 Å². The molecule has 0 bridgehead atoms. The first-order valence-corrected chi connectivity index (χ1v) is 2.05. The number of hydroxylamine groups is 1. The van der Waals surface area contributed by atoms with Crippen LogP contribution in [0.3, 0.4) is 0 Å². The summed E-state index contributed by atoms with van der Waals surface area (Å²) in [6.45, 7) is 2.57. The van der Waals surface area contributed by atoms with Gasteiger partial charge in [0.15, 0.2) is 0 Å². The fourth-order valence-corrected chi connectivity index (χ4v) is 0.386. The maximum Gasteiger partial charge on any atom is 0.118 e. The van der Waals surface area contributed by atoms with Crippen LogP contribution >= 0.6 is 0 Å². The average molecular weight is 88.1 g/mol. The molecule has 0 saturated carbocycles. The smallest absolute Gasteiger partial charge is 0.118 e. The van der Waals surface area contributed by atoms with Gasteiger partial charge >= 0.3 is 0 Å². The van der Waals surface area contributed by atoms with E-state index in [0.29, 0.717) is 6.73 Å². The Balaban J connectivity index is 2.00. The monoisotopic (exact) mass is 88.1 g/mol. The molecule has 1 aliphatic rings. The lowest BCUT2D eigenvalue weighted by molar-refractivity contribution is 0.00345. The number of rotatable bonds is 0. The van der Waals surface area contributed by atoms with E-state index < -0.39 is 0 Å². The molecule has 1 rings (SSSR count). The summed E-state index contributed by atoms with van der Waals surface area (Å²) in [6, 6.07) is 0. The Kier molecular flexibility index (Phi) is 1.43. The lowest BCUT2D eigenvalue weighted by atomic mass is 10.6. The van der Waals surface area contributed by atoms with Crippen LogP contribution in [0.25, 0.3) is 0 Å². The van der Waals surface area contributed by atoms with Crippen LogP contribution in [0.4, 0.5) is 0 Å². The highest BCUT2D eigenvalue weighted by Gasteiger charge is 1.91. The molecule has 36 valence electrons. The third-order valence-electron chi connectivity index (χ3n) is 0.680. The first-order chi connectivity index (χ1) is 3.00. The third kappa shape index (κ3) is 0.931. The molecule has 3 nitrogen and oxygen atoms in total. The molecule has 0 radical (unpaired) electrons. The molecule has 6 heavy (non-hydrogen) atoms. The van der Waals surface area contributed by atoms with Crippen molar-refractivity contribution in [2.24, 2.45) is 0 Å². The van der Waals surface area contributed by atoms with E-state index in [1.807, 2.05) is 0 Å². The first kappa shape index (κ1) is 4.05. The Hall–Kier alpha value is -0.120. The van der Waals surface area contributed by atoms with Crippen LogP contribution in [-0.4, -0.2) is 19.8 Å². The second-order valence-electron chi connectivity index (χ2n) is 1.18. The van der Waals surface area contributed by atoms with Crippen molar-refractivity contribution in [3.63, 3.8) is 0 Å². The summed E-state index contributed by atoms with van der Waals surface area (Å²) in [7, 11) is 0. The van der Waals surface area contributed by atoms with E-state index in [4.69, 9.17) is 4.84 Å². The molecule has 1 heterocycles. The Morgan fingerprint density at radius 3 is 2.50 bits per heavy atom. The summed E-state index contributed by atoms with van der Waals surface area (Å²) < 4.78 is 0. The summed E-state index contributed by atoms with van der Waals surface area (Å²) in [5, 5.41) is 3.00. The highest BCUT2D eigenvalue weighted by Crippen LogP contribution is 1.68. The molecule has 0 aromatic carbocycles. The SMILES string of the molecule is C1CNOCN1. The van der Waals surface area contributed by atoms with Gasteiger partial charge in [-0.1, -0.05) is 0 Å². The minimum atomic E-state index is 0.639. The average Bonchev–Trinajstić information content (AvgIpc) is 1.72. The second-order valence-corrected chi connectivity index (χ2v) is 1.18. The lowest BCUT2D eigenvalue weighted by Crippen LogP contribution is -2.37. The van der Waals surface area contributed by atoms with Gasteiger partial charge in [0.25, 0.3) is 0 Å². The summed E-state index contributed by atoms with van der Waals surface area (Å²) in [5.74, 6) is 0. The lowest BCUT2D eigenvalue weighted by Gasteiger charge is -2.11. The van der Waals surface area contributed by atoms with Crippen LogP contribution in [0.1, 0.15) is 0 Å². The second kappa shape index (κ2) is 2.12. The zero-order valence-corrected chi connectivity index (χ0v) is 3.53. The third-order valence-corrected chi connectivity index (χ3v) is 0.680. The highest BCUT2D eigenvalue weighted by molar-refractivity contribution is 4.43. The van der Waals surface area contributed by atoms with Gasteiger partial charge in [-0.3, -0.25) is 10.2 Å². The van der Waals surface area contributed by atoms with Crippen molar-refractivity contribution in [2.75, 3.05) is 19.8 Å². The molecule has 1 saturated heterocycles. The number of nitrogens with one attached hydrogen (secondary N) is 2. The molecule has 3 heteroatoms. The Morgan fingerprint density at radius 1 is 1.33 bits per heavy atom. The van der Waals surface area contributed by atoms with Crippen LogP contribution in [-0.2, 0) is 4.84 Å². The minimum Gasteiger partial charge on any atom is -0.292 e. The van der Waals surface area contributed by atoms with E-state index in [9.17, 15) is 0 Å². The largest absolute Gasteiger partial charge is 0.292 e. The topological polar surface area (TPSA) is 33.3 Å². The van der Waals surface area contributed by atoms with E-state index >= 15 is 0 Å². The quantitative estimate of drug-likeness (QED) is 0.401. The molecule has 0 aliphatic carbocycles. The van der Waals surface area contributed by atoms with Gasteiger partial charge in [-0.2, -0.15) is 5.48 Å². The van der Waals surface area contributed by atoms with Crippen LogP contribution in [0, 0.1) is 0 Å². The molecule has 0 aromatic heterocycles. The van der Waals surface area contributed by atoms with Crippen LogP contribution in [0.5, 0.6) is 0 Å². The molecule has 0 spiro atoms. The van der Waals surface area contributed by atoms with Gasteiger partial charge in [0.2, 0.25) is 0 Å². The van der Waals surface area contributed by atoms with Crippen molar-refractivity contribution in [2.45, 2.75) is 0 Å². The molecule has 0 amide bonds. The molecule has 1 aliphatic heterocycles. The normalized spacial score (nSPS) is 24.0. The summed E-state index contributed by atoms with van der Waals surface area (Å²) >= 11 is 0. The number of hydrogen-bond acceptors (Lipinski definition) is 3. The van der Waals surface area contributed by atoms with Gasteiger partial charge in [-0.25, -0.2) is 0 Å². The maximum absolute atomic E-state index is 4.71. The van der Waals surface area contributed by atoms with Crippen LogP contribution in [0.15, 0.2) is 0 Å². The van der Waals surface area contributed by atoms with Crippen molar-refractivity contribution in [3.8, 4) is 0 Å². The molecule has 2 N–H and O–H groups in total. The first-order valence-electron chi connectivity index (χ1n) is 2.05. The van der Waals surface area contributed by atoms with E-state index in [2.05, 4.69) is 10.8 Å². The summed E-state index contributed by atoms with van der Waals surface area (Å²) in [4.78, 5) is 4.71. The standard InChI is InChI=1S/C3H8N2O/c1-2-5-6-3-4-1/h4-5H,1-3H2. The van der Waals surface area contributed by atoms with Crippen molar-refractivity contribution in [3.05, 3.63) is 0 Å². The van der Waals surface area contributed by atoms with Crippen LogP contribution < -0.4 is 10.8 Å². The fraction of sp³-hybridized carbons (Fsp3) is 1.00. The summed E-state index contributed by atoms with van der Waals surface area (Å²) in [6.07, 6.45) is 0. The minimum absolute atomic E-state index is 0.639. The Bertz CT molecular complexity index is 24.3. The van der Waals surface area contributed by atoms with Gasteiger partial charge in [0.05, 0.1) is 0 Å². The molecular weight excluding hydrogens is 80.0 g/mol. The van der Waals surface area contributed by atoms with E-state index in [-0.39, 0.29) is 0 Å². The molecule has 0 aromatic rings. The molecule has 0 unspecified atom stereocenters. The van der Waals surface area contributed by atoms with Crippen molar-refractivity contribution >= 4 is 0 Å². The van der Waals surface area contributed by atoms with Crippen molar-refractivity contribution in [1.29, 1.82) is 0 Å². The van der Waals surface area contributed by atoms with E-state index in [0.717, 1.165) is 13.1 Å². The van der Waals surface area contributed by atoms with Crippen molar-refractivity contribution in [1.82, 2.24) is 10.8 Å². The molecule has 1 fully saturated rings. The van der Waals surface area contributed by atoms with Gasteiger partial charge in [-0.05, 0) is 0 Å².